The number of alkyl halides is 3. The molecule has 2 aliphatic rings. The highest BCUT2D eigenvalue weighted by atomic mass is 19.4. The number of nitrogens with one attached hydrogen (secondary N) is 1. The van der Waals surface area contributed by atoms with Crippen molar-refractivity contribution in [2.45, 2.75) is 50.4 Å². The maximum absolute atomic E-state index is 12.8. The van der Waals surface area contributed by atoms with Crippen LogP contribution >= 0.6 is 0 Å². The van der Waals surface area contributed by atoms with Crippen LogP contribution in [0.1, 0.15) is 46.9 Å². The number of amides is 1. The largest absolute Gasteiger partial charge is 0.491 e. The van der Waals surface area contributed by atoms with Gasteiger partial charge in [0.15, 0.2) is 0 Å². The lowest BCUT2D eigenvalue weighted by atomic mass is 9.94. The van der Waals surface area contributed by atoms with Crippen molar-refractivity contribution in [2.24, 2.45) is 0 Å². The fraction of sp³-hybridized carbons (Fsp3) is 0.360. The SMILES string of the molecule is O=C(N[C@@H]1COc2cccc(-c3cnc(C4CC4)nc3)c2C1)c1ccn(CCC(F)(F)F)c(=O)c1. The zero-order valence-corrected chi connectivity index (χ0v) is 18.7. The van der Waals surface area contributed by atoms with Crippen molar-refractivity contribution < 1.29 is 22.7 Å². The second-order valence-electron chi connectivity index (χ2n) is 8.88. The fourth-order valence-corrected chi connectivity index (χ4v) is 4.15. The van der Waals surface area contributed by atoms with Crippen molar-refractivity contribution >= 4 is 5.91 Å². The molecule has 3 aromatic rings. The van der Waals surface area contributed by atoms with E-state index in [2.05, 4.69) is 15.3 Å². The third-order valence-corrected chi connectivity index (χ3v) is 6.18. The smallest absolute Gasteiger partial charge is 0.390 e. The van der Waals surface area contributed by atoms with Gasteiger partial charge in [-0.3, -0.25) is 9.59 Å². The summed E-state index contributed by atoms with van der Waals surface area (Å²) < 4.78 is 44.1. The van der Waals surface area contributed by atoms with Gasteiger partial charge in [-0.1, -0.05) is 12.1 Å². The highest BCUT2D eigenvalue weighted by Gasteiger charge is 2.28. The molecule has 2 aromatic heterocycles. The molecule has 1 aliphatic heterocycles. The van der Waals surface area contributed by atoms with Gasteiger partial charge in [0.05, 0.1) is 12.5 Å². The first kappa shape index (κ1) is 23.1. The zero-order valence-electron chi connectivity index (χ0n) is 18.7. The van der Waals surface area contributed by atoms with E-state index in [1.807, 2.05) is 30.6 Å². The number of halogens is 3. The number of pyridine rings is 1. The first-order valence-corrected chi connectivity index (χ1v) is 11.4. The Hall–Kier alpha value is -3.69. The van der Waals surface area contributed by atoms with Gasteiger partial charge in [-0.05, 0) is 30.5 Å². The van der Waals surface area contributed by atoms with Crippen LogP contribution in [0.3, 0.4) is 0 Å². The van der Waals surface area contributed by atoms with Gasteiger partial charge in [-0.25, -0.2) is 9.97 Å². The van der Waals surface area contributed by atoms with Gasteiger partial charge in [0.1, 0.15) is 18.2 Å². The van der Waals surface area contributed by atoms with Crippen LogP contribution in [0.25, 0.3) is 11.1 Å². The number of carbonyl (C=O) groups is 1. The van der Waals surface area contributed by atoms with Gasteiger partial charge in [0.25, 0.3) is 11.5 Å². The van der Waals surface area contributed by atoms with E-state index in [1.165, 1.54) is 12.3 Å². The summed E-state index contributed by atoms with van der Waals surface area (Å²) >= 11 is 0. The molecule has 1 fully saturated rings. The van der Waals surface area contributed by atoms with Gasteiger partial charge in [-0.2, -0.15) is 13.2 Å². The molecule has 3 heterocycles. The van der Waals surface area contributed by atoms with Crippen LogP contribution in [0.4, 0.5) is 13.2 Å². The Bertz CT molecular complexity index is 1300. The van der Waals surface area contributed by atoms with Crippen molar-refractivity contribution in [2.75, 3.05) is 6.61 Å². The fourth-order valence-electron chi connectivity index (χ4n) is 4.15. The molecule has 1 amide bonds. The molecule has 0 bridgehead atoms. The van der Waals surface area contributed by atoms with E-state index in [-0.39, 0.29) is 18.2 Å². The Morgan fingerprint density at radius 1 is 1.17 bits per heavy atom. The molecule has 1 aliphatic carbocycles. The molecule has 5 rings (SSSR count). The number of hydrogen-bond donors (Lipinski definition) is 1. The molecule has 1 saturated carbocycles. The molecule has 182 valence electrons. The van der Waals surface area contributed by atoms with Crippen molar-refractivity contribution in [3.8, 4) is 16.9 Å². The highest BCUT2D eigenvalue weighted by molar-refractivity contribution is 5.94. The normalized spacial score (nSPS) is 17.4. The van der Waals surface area contributed by atoms with Gasteiger partial charge < -0.3 is 14.6 Å². The summed E-state index contributed by atoms with van der Waals surface area (Å²) in [6.07, 6.45) is 2.10. The summed E-state index contributed by atoms with van der Waals surface area (Å²) in [6.45, 7) is -0.242. The maximum Gasteiger partial charge on any atom is 0.390 e. The Kier molecular flexibility index (Phi) is 6.04. The molecule has 7 nitrogen and oxygen atoms in total. The Balaban J connectivity index is 1.28. The van der Waals surface area contributed by atoms with Crippen molar-refractivity contribution in [1.82, 2.24) is 19.9 Å². The summed E-state index contributed by atoms with van der Waals surface area (Å²) in [5, 5.41) is 2.87. The molecule has 1 atom stereocenters. The molecule has 0 radical (unpaired) electrons. The molecule has 0 spiro atoms. The van der Waals surface area contributed by atoms with Gasteiger partial charge in [-0.15, -0.1) is 0 Å². The predicted octanol–water partition coefficient (Wildman–Crippen LogP) is 3.87. The summed E-state index contributed by atoms with van der Waals surface area (Å²) in [4.78, 5) is 33.9. The predicted molar refractivity (Wildman–Crippen MR) is 121 cm³/mol. The minimum absolute atomic E-state index is 0.0846. The van der Waals surface area contributed by atoms with Crippen LogP contribution in [0.5, 0.6) is 5.75 Å². The van der Waals surface area contributed by atoms with Crippen LogP contribution in [0, 0.1) is 0 Å². The Morgan fingerprint density at radius 3 is 2.63 bits per heavy atom. The first-order chi connectivity index (χ1) is 16.8. The molecule has 1 N–H and O–H groups in total. The second-order valence-corrected chi connectivity index (χ2v) is 8.88. The molecule has 10 heteroatoms. The number of aryl methyl sites for hydroxylation is 1. The quantitative estimate of drug-likeness (QED) is 0.574. The number of carbonyl (C=O) groups excluding carboxylic acids is 1. The number of rotatable bonds is 6. The summed E-state index contributed by atoms with van der Waals surface area (Å²) in [6, 6.07) is 7.77. The van der Waals surface area contributed by atoms with Gasteiger partial charge >= 0.3 is 6.18 Å². The van der Waals surface area contributed by atoms with Crippen LogP contribution < -0.4 is 15.6 Å². The molecule has 0 saturated heterocycles. The summed E-state index contributed by atoms with van der Waals surface area (Å²) in [5.74, 6) is 1.56. The highest BCUT2D eigenvalue weighted by Crippen LogP contribution is 2.39. The van der Waals surface area contributed by atoms with E-state index < -0.39 is 30.6 Å². The minimum Gasteiger partial charge on any atom is -0.491 e. The second kappa shape index (κ2) is 9.16. The summed E-state index contributed by atoms with van der Waals surface area (Å²) in [5.41, 5.74) is 2.14. The Morgan fingerprint density at radius 2 is 1.94 bits per heavy atom. The number of ether oxygens (including phenoxy) is 1. The standard InChI is InChI=1S/C25H23F3N4O3/c26-25(27,28)7-9-32-8-6-16(10-22(32)33)24(34)31-18-11-20-19(2-1-3-21(20)35-14-18)17-12-29-23(30-13-17)15-4-5-15/h1-3,6,8,10,12-13,15,18H,4-5,7,9,11,14H2,(H,31,34)/t18-/m0/s1. The number of aromatic nitrogens is 3. The van der Waals surface area contributed by atoms with Crippen molar-refractivity contribution in [1.29, 1.82) is 0 Å². The zero-order chi connectivity index (χ0) is 24.6. The third-order valence-electron chi connectivity index (χ3n) is 6.18. The van der Waals surface area contributed by atoms with Crippen molar-refractivity contribution in [3.05, 3.63) is 76.2 Å². The monoisotopic (exact) mass is 484 g/mol. The van der Waals surface area contributed by atoms with E-state index in [4.69, 9.17) is 4.74 Å². The Labute approximate surface area is 199 Å². The number of hydrogen-bond acceptors (Lipinski definition) is 5. The minimum atomic E-state index is -4.36. The number of nitrogens with zero attached hydrogens (tertiary/aromatic N) is 3. The van der Waals surface area contributed by atoms with Crippen molar-refractivity contribution in [3.63, 3.8) is 0 Å². The maximum atomic E-state index is 12.8. The van der Waals surface area contributed by atoms with E-state index in [0.29, 0.717) is 12.3 Å². The van der Waals surface area contributed by atoms with E-state index in [0.717, 1.165) is 51.7 Å². The van der Waals surface area contributed by atoms with Crippen LogP contribution in [-0.4, -0.2) is 39.3 Å². The van der Waals surface area contributed by atoms with E-state index >= 15 is 0 Å². The van der Waals surface area contributed by atoms with Crippen LogP contribution in [-0.2, 0) is 13.0 Å². The van der Waals surface area contributed by atoms with Crippen LogP contribution in [0.2, 0.25) is 0 Å². The molecular formula is C25H23F3N4O3. The lowest BCUT2D eigenvalue weighted by Gasteiger charge is -2.28. The van der Waals surface area contributed by atoms with Gasteiger partial charge in [0, 0.05) is 60.2 Å². The average molecular weight is 484 g/mol. The molecule has 1 aromatic carbocycles. The van der Waals surface area contributed by atoms with E-state index in [1.54, 1.807) is 0 Å². The average Bonchev–Trinajstić information content (AvgIpc) is 3.68. The molecular weight excluding hydrogens is 461 g/mol. The number of benzene rings is 1. The van der Waals surface area contributed by atoms with E-state index in [9.17, 15) is 22.8 Å². The lowest BCUT2D eigenvalue weighted by molar-refractivity contribution is -0.136. The topological polar surface area (TPSA) is 86.1 Å². The third kappa shape index (κ3) is 5.36. The first-order valence-electron chi connectivity index (χ1n) is 11.4. The molecule has 35 heavy (non-hydrogen) atoms. The molecule has 0 unspecified atom stereocenters. The lowest BCUT2D eigenvalue weighted by Crippen LogP contribution is -2.43. The van der Waals surface area contributed by atoms with Gasteiger partial charge in [0.2, 0.25) is 0 Å². The van der Waals surface area contributed by atoms with Crippen LogP contribution in [0.15, 0.2) is 53.7 Å². The summed E-state index contributed by atoms with van der Waals surface area (Å²) in [7, 11) is 0. The number of fused-ring (bicyclic) bond motifs is 1.